The number of nitrogens with zero attached hydrogens (tertiary/aromatic N) is 5. The molecule has 6 rings (SSSR count). The molecule has 3 aromatic rings. The third-order valence-corrected chi connectivity index (χ3v) is 8.31. The van der Waals surface area contributed by atoms with Gasteiger partial charge in [0.2, 0.25) is 5.91 Å². The molecule has 2 saturated heterocycles. The van der Waals surface area contributed by atoms with Crippen LogP contribution >= 0.6 is 11.3 Å². The molecule has 2 unspecified atom stereocenters. The van der Waals surface area contributed by atoms with Crippen molar-refractivity contribution in [2.24, 2.45) is 0 Å². The third kappa shape index (κ3) is 4.19. The highest BCUT2D eigenvalue weighted by atomic mass is 32.1. The lowest BCUT2D eigenvalue weighted by Crippen LogP contribution is -2.56. The predicted octanol–water partition coefficient (Wildman–Crippen LogP) is 3.19. The number of benzene rings is 1. The molecule has 1 aromatic carbocycles. The van der Waals surface area contributed by atoms with E-state index in [0.717, 1.165) is 48.0 Å². The Labute approximate surface area is 208 Å². The summed E-state index contributed by atoms with van der Waals surface area (Å²) in [5.74, 6) is 0.684. The molecule has 2 atom stereocenters. The fourth-order valence-electron chi connectivity index (χ4n) is 5.48. The number of piperazine rings is 1. The Morgan fingerprint density at radius 3 is 2.49 bits per heavy atom. The van der Waals surface area contributed by atoms with Crippen molar-refractivity contribution in [2.75, 3.05) is 31.6 Å². The van der Waals surface area contributed by atoms with E-state index in [1.165, 1.54) is 12.0 Å². The summed E-state index contributed by atoms with van der Waals surface area (Å²) in [4.78, 5) is 42.0. The van der Waals surface area contributed by atoms with Crippen LogP contribution in [0.25, 0.3) is 10.6 Å². The van der Waals surface area contributed by atoms with Crippen molar-refractivity contribution in [3.63, 3.8) is 0 Å². The topological polar surface area (TPSA) is 78.9 Å². The first kappa shape index (κ1) is 22.2. The Hall–Kier alpha value is -3.30. The van der Waals surface area contributed by atoms with Gasteiger partial charge >= 0.3 is 5.97 Å². The monoisotopic (exact) mass is 489 g/mol. The number of ether oxygens (including phenoxy) is 1. The molecule has 3 aliphatic rings. The smallest absolute Gasteiger partial charge is 0.339 e. The van der Waals surface area contributed by atoms with Crippen LogP contribution in [0.3, 0.4) is 0 Å². The summed E-state index contributed by atoms with van der Waals surface area (Å²) < 4.78 is 4.77. The lowest BCUT2D eigenvalue weighted by Gasteiger charge is -2.41. The molecule has 2 aromatic heterocycles. The SMILES string of the molecule is COC(=O)c1ccc(N2C3CCC2CN(CC(=O)N2Cc4nc(-c5ccccc5)sc4C2)C3)nc1. The Balaban J connectivity index is 1.07. The maximum Gasteiger partial charge on any atom is 0.339 e. The molecule has 3 aliphatic heterocycles. The molecule has 2 fully saturated rings. The molecule has 5 heterocycles. The van der Waals surface area contributed by atoms with E-state index in [0.29, 0.717) is 37.3 Å². The molecule has 0 aliphatic carbocycles. The Morgan fingerprint density at radius 2 is 1.83 bits per heavy atom. The van der Waals surface area contributed by atoms with Gasteiger partial charge in [0.1, 0.15) is 10.8 Å². The van der Waals surface area contributed by atoms with Gasteiger partial charge in [-0.05, 0) is 25.0 Å². The van der Waals surface area contributed by atoms with Crippen LogP contribution in [0.15, 0.2) is 48.7 Å². The molecule has 0 saturated carbocycles. The summed E-state index contributed by atoms with van der Waals surface area (Å²) in [6.45, 7) is 3.38. The van der Waals surface area contributed by atoms with Crippen LogP contribution in [0.1, 0.15) is 33.8 Å². The van der Waals surface area contributed by atoms with Crippen LogP contribution in [-0.2, 0) is 22.6 Å². The zero-order chi connectivity index (χ0) is 23.9. The van der Waals surface area contributed by atoms with Gasteiger partial charge in [-0.15, -0.1) is 11.3 Å². The first-order chi connectivity index (χ1) is 17.1. The van der Waals surface area contributed by atoms with Crippen molar-refractivity contribution in [1.82, 2.24) is 19.8 Å². The molecule has 9 heteroatoms. The summed E-state index contributed by atoms with van der Waals surface area (Å²) in [5.41, 5.74) is 2.62. The minimum atomic E-state index is -0.377. The van der Waals surface area contributed by atoms with Gasteiger partial charge in [-0.1, -0.05) is 30.3 Å². The highest BCUT2D eigenvalue weighted by molar-refractivity contribution is 7.15. The zero-order valence-electron chi connectivity index (χ0n) is 19.6. The van der Waals surface area contributed by atoms with E-state index in [2.05, 4.69) is 26.9 Å². The second-order valence-corrected chi connectivity index (χ2v) is 10.5. The first-order valence-corrected chi connectivity index (χ1v) is 12.8. The number of hydrogen-bond acceptors (Lipinski definition) is 8. The summed E-state index contributed by atoms with van der Waals surface area (Å²) in [6.07, 6.45) is 3.76. The van der Waals surface area contributed by atoms with Gasteiger partial charge in [0.15, 0.2) is 0 Å². The zero-order valence-corrected chi connectivity index (χ0v) is 20.4. The highest BCUT2D eigenvalue weighted by Crippen LogP contribution is 2.35. The second kappa shape index (κ2) is 9.05. The van der Waals surface area contributed by atoms with Crippen molar-refractivity contribution in [2.45, 2.75) is 38.0 Å². The Bertz CT molecular complexity index is 1210. The van der Waals surface area contributed by atoms with Crippen LogP contribution in [0.4, 0.5) is 5.82 Å². The molecule has 1 amide bonds. The van der Waals surface area contributed by atoms with Crippen LogP contribution in [-0.4, -0.2) is 70.5 Å². The lowest BCUT2D eigenvalue weighted by molar-refractivity contribution is -0.133. The minimum Gasteiger partial charge on any atom is -0.465 e. The van der Waals surface area contributed by atoms with E-state index in [9.17, 15) is 9.59 Å². The van der Waals surface area contributed by atoms with Crippen molar-refractivity contribution in [3.05, 3.63) is 64.8 Å². The van der Waals surface area contributed by atoms with E-state index in [1.807, 2.05) is 29.2 Å². The molecule has 8 nitrogen and oxygen atoms in total. The van der Waals surface area contributed by atoms with Gasteiger partial charge < -0.3 is 14.5 Å². The first-order valence-electron chi connectivity index (χ1n) is 12.0. The van der Waals surface area contributed by atoms with E-state index >= 15 is 0 Å². The number of rotatable bonds is 5. The number of carbonyl (C=O) groups excluding carboxylic acids is 2. The average Bonchev–Trinajstić information content (AvgIpc) is 3.54. The standard InChI is InChI=1S/C26H27N5O3S/c1-34-26(33)18-7-10-23(27-11-18)31-19-8-9-20(31)13-29(12-19)16-24(32)30-14-21-22(15-30)35-25(28-21)17-5-3-2-4-6-17/h2-7,10-11,19-20H,8-9,12-16H2,1H3. The quantitative estimate of drug-likeness (QED) is 0.510. The molecule has 2 bridgehead atoms. The van der Waals surface area contributed by atoms with E-state index in [1.54, 1.807) is 23.6 Å². The number of aromatic nitrogens is 2. The van der Waals surface area contributed by atoms with Crippen LogP contribution in [0.2, 0.25) is 0 Å². The number of carbonyl (C=O) groups is 2. The molecule has 0 N–H and O–H groups in total. The predicted molar refractivity (Wildman–Crippen MR) is 133 cm³/mol. The number of esters is 1. The fourth-order valence-corrected chi connectivity index (χ4v) is 6.57. The Kier molecular flexibility index (Phi) is 5.74. The maximum atomic E-state index is 13.1. The number of thiazole rings is 1. The van der Waals surface area contributed by atoms with Crippen LogP contribution < -0.4 is 4.90 Å². The largest absolute Gasteiger partial charge is 0.465 e. The summed E-state index contributed by atoms with van der Waals surface area (Å²) in [5, 5.41) is 1.03. The van der Waals surface area contributed by atoms with Crippen molar-refractivity contribution in [3.8, 4) is 10.6 Å². The van der Waals surface area contributed by atoms with Crippen LogP contribution in [0, 0.1) is 0 Å². The summed E-state index contributed by atoms with van der Waals surface area (Å²) in [7, 11) is 1.37. The number of pyridine rings is 1. The highest BCUT2D eigenvalue weighted by Gasteiger charge is 2.41. The van der Waals surface area contributed by atoms with Crippen molar-refractivity contribution >= 4 is 29.0 Å². The number of hydrogen-bond donors (Lipinski definition) is 0. The summed E-state index contributed by atoms with van der Waals surface area (Å²) in [6, 6.07) is 14.5. The van der Waals surface area contributed by atoms with Gasteiger partial charge in [-0.3, -0.25) is 9.69 Å². The number of anilines is 1. The number of amides is 1. The van der Waals surface area contributed by atoms with Gasteiger partial charge in [0.25, 0.3) is 0 Å². The lowest BCUT2D eigenvalue weighted by atomic mass is 10.1. The van der Waals surface area contributed by atoms with Gasteiger partial charge in [-0.2, -0.15) is 0 Å². The number of fused-ring (bicyclic) bond motifs is 3. The van der Waals surface area contributed by atoms with Crippen LogP contribution in [0.5, 0.6) is 0 Å². The van der Waals surface area contributed by atoms with E-state index < -0.39 is 0 Å². The van der Waals surface area contributed by atoms with Crippen molar-refractivity contribution < 1.29 is 14.3 Å². The molecular weight excluding hydrogens is 462 g/mol. The fraction of sp³-hybridized carbons (Fsp3) is 0.385. The third-order valence-electron chi connectivity index (χ3n) is 7.18. The minimum absolute atomic E-state index is 0.171. The van der Waals surface area contributed by atoms with Gasteiger partial charge in [0.05, 0.1) is 38.0 Å². The van der Waals surface area contributed by atoms with Gasteiger partial charge in [0, 0.05) is 41.8 Å². The van der Waals surface area contributed by atoms with Crippen molar-refractivity contribution in [1.29, 1.82) is 0 Å². The number of methoxy groups -OCH3 is 1. The normalized spacial score (nSPS) is 21.3. The number of likely N-dealkylation sites (tertiary alicyclic amines) is 1. The van der Waals surface area contributed by atoms with Gasteiger partial charge in [-0.25, -0.2) is 14.8 Å². The molecule has 35 heavy (non-hydrogen) atoms. The molecule has 180 valence electrons. The second-order valence-electron chi connectivity index (χ2n) is 9.39. The summed E-state index contributed by atoms with van der Waals surface area (Å²) >= 11 is 1.69. The molecular formula is C26H27N5O3S. The average molecular weight is 490 g/mol. The van der Waals surface area contributed by atoms with E-state index in [-0.39, 0.29) is 11.9 Å². The molecule has 0 spiro atoms. The molecule has 0 radical (unpaired) electrons. The Morgan fingerprint density at radius 1 is 1.06 bits per heavy atom. The van der Waals surface area contributed by atoms with E-state index in [4.69, 9.17) is 9.72 Å². The maximum absolute atomic E-state index is 13.1.